The Morgan fingerprint density at radius 2 is 2.19 bits per heavy atom. The molecule has 86 valence electrons. The lowest BCUT2D eigenvalue weighted by atomic mass is 10.2. The van der Waals surface area contributed by atoms with Gasteiger partial charge in [-0.1, -0.05) is 0 Å². The number of aromatic nitrogens is 1. The highest BCUT2D eigenvalue weighted by Crippen LogP contribution is 2.08. The fourth-order valence-corrected chi connectivity index (χ4v) is 1.44. The Labute approximate surface area is 96.9 Å². The Hall–Kier alpha value is -1.60. The first kappa shape index (κ1) is 12.5. The molecule has 0 aliphatic rings. The van der Waals surface area contributed by atoms with Gasteiger partial charge < -0.3 is 10.2 Å². The van der Waals surface area contributed by atoms with Crippen LogP contribution in [0.4, 0.5) is 5.82 Å². The van der Waals surface area contributed by atoms with Crippen molar-refractivity contribution in [1.29, 1.82) is 5.26 Å². The summed E-state index contributed by atoms with van der Waals surface area (Å²) in [7, 11) is 4.11. The smallest absolute Gasteiger partial charge is 0.127 e. The number of aryl methyl sites for hydroxylation is 1. The summed E-state index contributed by atoms with van der Waals surface area (Å²) in [6.45, 7) is 3.81. The van der Waals surface area contributed by atoms with E-state index in [2.05, 4.69) is 35.4 Å². The van der Waals surface area contributed by atoms with Gasteiger partial charge in [-0.25, -0.2) is 4.98 Å². The molecule has 16 heavy (non-hydrogen) atoms. The Morgan fingerprint density at radius 1 is 1.44 bits per heavy atom. The lowest BCUT2D eigenvalue weighted by molar-refractivity contribution is 0.405. The molecule has 1 rings (SSSR count). The number of pyridine rings is 1. The second-order valence-corrected chi connectivity index (χ2v) is 4.08. The fraction of sp³-hybridized carbons (Fsp3) is 0.500. The van der Waals surface area contributed by atoms with Crippen molar-refractivity contribution in [2.75, 3.05) is 32.5 Å². The molecule has 0 radical (unpaired) electrons. The van der Waals surface area contributed by atoms with Crippen LogP contribution in [0.5, 0.6) is 0 Å². The standard InChI is InChI=1S/C12H18N4/c1-10-7-11(9-13)8-12(15-10)14-5-4-6-16(2)3/h7-8H,4-6H2,1-3H3,(H,14,15). The molecule has 0 amide bonds. The van der Waals surface area contributed by atoms with Gasteiger partial charge in [-0.2, -0.15) is 5.26 Å². The minimum Gasteiger partial charge on any atom is -0.370 e. The average Bonchev–Trinajstić information content (AvgIpc) is 2.23. The van der Waals surface area contributed by atoms with Crippen molar-refractivity contribution in [2.45, 2.75) is 13.3 Å². The van der Waals surface area contributed by atoms with E-state index in [0.717, 1.165) is 31.0 Å². The van der Waals surface area contributed by atoms with Crippen molar-refractivity contribution in [1.82, 2.24) is 9.88 Å². The first-order valence-corrected chi connectivity index (χ1v) is 5.39. The Balaban J connectivity index is 2.48. The third-order valence-corrected chi connectivity index (χ3v) is 2.17. The highest BCUT2D eigenvalue weighted by molar-refractivity contribution is 5.44. The molecule has 1 heterocycles. The quantitative estimate of drug-likeness (QED) is 0.763. The zero-order valence-electron chi connectivity index (χ0n) is 10.1. The normalized spacial score (nSPS) is 10.2. The summed E-state index contributed by atoms with van der Waals surface area (Å²) in [6.07, 6.45) is 1.06. The van der Waals surface area contributed by atoms with E-state index in [-0.39, 0.29) is 0 Å². The van der Waals surface area contributed by atoms with Gasteiger partial charge in [0.1, 0.15) is 5.82 Å². The molecule has 0 saturated heterocycles. The van der Waals surface area contributed by atoms with Crippen LogP contribution >= 0.6 is 0 Å². The average molecular weight is 218 g/mol. The van der Waals surface area contributed by atoms with Crippen LogP contribution in [0.1, 0.15) is 17.7 Å². The molecule has 1 aromatic heterocycles. The Bertz CT molecular complexity index is 379. The molecule has 0 unspecified atom stereocenters. The van der Waals surface area contributed by atoms with E-state index in [1.165, 1.54) is 0 Å². The summed E-state index contributed by atoms with van der Waals surface area (Å²) < 4.78 is 0. The number of hydrogen-bond acceptors (Lipinski definition) is 4. The van der Waals surface area contributed by atoms with E-state index >= 15 is 0 Å². The Morgan fingerprint density at radius 3 is 2.81 bits per heavy atom. The van der Waals surface area contributed by atoms with Gasteiger partial charge in [-0.3, -0.25) is 0 Å². The highest BCUT2D eigenvalue weighted by atomic mass is 15.1. The number of nitrogens with one attached hydrogen (secondary N) is 1. The number of hydrogen-bond donors (Lipinski definition) is 1. The largest absolute Gasteiger partial charge is 0.370 e. The Kier molecular flexibility index (Phi) is 4.74. The van der Waals surface area contributed by atoms with Gasteiger partial charge in [-0.15, -0.1) is 0 Å². The number of rotatable bonds is 5. The van der Waals surface area contributed by atoms with Gasteiger partial charge >= 0.3 is 0 Å². The van der Waals surface area contributed by atoms with E-state index in [1.807, 2.05) is 6.92 Å². The van der Waals surface area contributed by atoms with Crippen molar-refractivity contribution in [3.63, 3.8) is 0 Å². The maximum atomic E-state index is 8.82. The molecule has 0 aliphatic heterocycles. The molecule has 0 aliphatic carbocycles. The van der Waals surface area contributed by atoms with E-state index < -0.39 is 0 Å². The topological polar surface area (TPSA) is 52.0 Å². The number of anilines is 1. The SMILES string of the molecule is Cc1cc(C#N)cc(NCCCN(C)C)n1. The van der Waals surface area contributed by atoms with Crippen LogP contribution in [-0.2, 0) is 0 Å². The molecule has 1 N–H and O–H groups in total. The molecular formula is C12H18N4. The minimum absolute atomic E-state index is 0.655. The summed E-state index contributed by atoms with van der Waals surface area (Å²) in [4.78, 5) is 6.47. The maximum Gasteiger partial charge on any atom is 0.127 e. The molecule has 0 saturated carbocycles. The second-order valence-electron chi connectivity index (χ2n) is 4.08. The van der Waals surface area contributed by atoms with E-state index in [4.69, 9.17) is 5.26 Å². The minimum atomic E-state index is 0.655. The van der Waals surface area contributed by atoms with Gasteiger partial charge in [-0.05, 0) is 46.1 Å². The predicted molar refractivity (Wildman–Crippen MR) is 65.3 cm³/mol. The van der Waals surface area contributed by atoms with Gasteiger partial charge in [0.25, 0.3) is 0 Å². The molecule has 1 aromatic rings. The molecule has 0 fully saturated rings. The molecule has 4 heteroatoms. The molecule has 0 aromatic carbocycles. The third kappa shape index (κ3) is 4.28. The van der Waals surface area contributed by atoms with Crippen LogP contribution in [0.25, 0.3) is 0 Å². The van der Waals surface area contributed by atoms with Crippen molar-refractivity contribution < 1.29 is 0 Å². The first-order chi connectivity index (χ1) is 7.61. The summed E-state index contributed by atoms with van der Waals surface area (Å²) in [5.41, 5.74) is 1.52. The molecule has 0 bridgehead atoms. The predicted octanol–water partition coefficient (Wildman–Crippen LogP) is 1.63. The van der Waals surface area contributed by atoms with Gasteiger partial charge in [0.15, 0.2) is 0 Å². The van der Waals surface area contributed by atoms with E-state index in [1.54, 1.807) is 12.1 Å². The van der Waals surface area contributed by atoms with Gasteiger partial charge in [0.05, 0.1) is 11.6 Å². The van der Waals surface area contributed by atoms with Crippen molar-refractivity contribution in [2.24, 2.45) is 0 Å². The molecule has 0 spiro atoms. The van der Waals surface area contributed by atoms with Crippen LogP contribution in [0.15, 0.2) is 12.1 Å². The molecule has 4 nitrogen and oxygen atoms in total. The zero-order chi connectivity index (χ0) is 12.0. The fourth-order valence-electron chi connectivity index (χ4n) is 1.44. The highest BCUT2D eigenvalue weighted by Gasteiger charge is 1.99. The monoisotopic (exact) mass is 218 g/mol. The van der Waals surface area contributed by atoms with E-state index in [9.17, 15) is 0 Å². The number of nitriles is 1. The van der Waals surface area contributed by atoms with Crippen molar-refractivity contribution >= 4 is 5.82 Å². The summed E-state index contributed by atoms with van der Waals surface area (Å²) in [5, 5.41) is 12.0. The summed E-state index contributed by atoms with van der Waals surface area (Å²) in [6, 6.07) is 5.69. The number of nitrogens with zero attached hydrogens (tertiary/aromatic N) is 3. The lowest BCUT2D eigenvalue weighted by Crippen LogP contribution is -2.16. The van der Waals surface area contributed by atoms with Gasteiger partial charge in [0.2, 0.25) is 0 Å². The van der Waals surface area contributed by atoms with Crippen molar-refractivity contribution in [3.8, 4) is 6.07 Å². The first-order valence-electron chi connectivity index (χ1n) is 5.39. The van der Waals surface area contributed by atoms with Crippen molar-refractivity contribution in [3.05, 3.63) is 23.4 Å². The van der Waals surface area contributed by atoms with Crippen LogP contribution in [-0.4, -0.2) is 37.1 Å². The van der Waals surface area contributed by atoms with E-state index in [0.29, 0.717) is 5.56 Å². The molecule has 0 atom stereocenters. The molecular weight excluding hydrogens is 200 g/mol. The third-order valence-electron chi connectivity index (χ3n) is 2.17. The van der Waals surface area contributed by atoms with Crippen LogP contribution in [0.3, 0.4) is 0 Å². The van der Waals surface area contributed by atoms with Gasteiger partial charge in [0, 0.05) is 12.2 Å². The lowest BCUT2D eigenvalue weighted by Gasteiger charge is -2.10. The van der Waals surface area contributed by atoms with Crippen LogP contribution < -0.4 is 5.32 Å². The zero-order valence-corrected chi connectivity index (χ0v) is 10.1. The maximum absolute atomic E-state index is 8.82. The second kappa shape index (κ2) is 6.09. The summed E-state index contributed by atoms with van der Waals surface area (Å²) >= 11 is 0. The van der Waals surface area contributed by atoms with Crippen LogP contribution in [0, 0.1) is 18.3 Å². The summed E-state index contributed by atoms with van der Waals surface area (Å²) in [5.74, 6) is 0.787. The van der Waals surface area contributed by atoms with Crippen LogP contribution in [0.2, 0.25) is 0 Å².